The van der Waals surface area contributed by atoms with Gasteiger partial charge in [-0.1, -0.05) is 42.5 Å². The summed E-state index contributed by atoms with van der Waals surface area (Å²) in [7, 11) is 0. The van der Waals surface area contributed by atoms with Crippen LogP contribution in [0.1, 0.15) is 32.3 Å². The maximum Gasteiger partial charge on any atom is 0.437 e. The van der Waals surface area contributed by atoms with Crippen molar-refractivity contribution in [2.75, 3.05) is 0 Å². The van der Waals surface area contributed by atoms with Gasteiger partial charge in [0, 0.05) is 5.56 Å². The number of carbonyl (C=O) groups is 3. The van der Waals surface area contributed by atoms with E-state index in [0.717, 1.165) is 12.1 Å². The van der Waals surface area contributed by atoms with Gasteiger partial charge in [0.15, 0.2) is 5.78 Å². The van der Waals surface area contributed by atoms with Gasteiger partial charge in [0.25, 0.3) is 0 Å². The Morgan fingerprint density at radius 3 is 2.07 bits per heavy atom. The van der Waals surface area contributed by atoms with Crippen molar-refractivity contribution in [1.29, 1.82) is 0 Å². The predicted molar refractivity (Wildman–Crippen MR) is 93.1 cm³/mol. The number of aromatic carboxylic acids is 1. The molecule has 1 saturated heterocycles. The van der Waals surface area contributed by atoms with Crippen LogP contribution in [-0.2, 0) is 0 Å². The van der Waals surface area contributed by atoms with E-state index in [4.69, 9.17) is 5.11 Å². The second-order valence-electron chi connectivity index (χ2n) is 6.48. The van der Waals surface area contributed by atoms with Gasteiger partial charge in [-0.2, -0.15) is 13.2 Å². The highest BCUT2D eigenvalue weighted by Crippen LogP contribution is 2.43. The van der Waals surface area contributed by atoms with Crippen LogP contribution in [0.25, 0.3) is 0 Å². The molecule has 1 aliphatic heterocycles. The van der Waals surface area contributed by atoms with E-state index in [2.05, 4.69) is 5.32 Å². The molecule has 0 spiro atoms. The van der Waals surface area contributed by atoms with Crippen molar-refractivity contribution in [3.8, 4) is 0 Å². The number of amides is 2. The highest BCUT2D eigenvalue weighted by atomic mass is 19.4. The van der Waals surface area contributed by atoms with Gasteiger partial charge >= 0.3 is 18.2 Å². The standard InChI is InChI=1S/C19H15F3N2O5/c20-19(21,22)18(29)13(15(25)11-4-2-1-3-5-11)14(23-17(28)24-18)10-6-8-12(9-7-10)16(26)27/h1-9,13-14,29H,(H,26,27)(H2,23,24,28)/t13-,14+,18-/m0/s1. The zero-order valence-electron chi connectivity index (χ0n) is 14.6. The number of carboxylic acid groups (broad SMARTS) is 1. The molecule has 3 rings (SSSR count). The van der Waals surface area contributed by atoms with Crippen molar-refractivity contribution in [1.82, 2.24) is 10.6 Å². The van der Waals surface area contributed by atoms with E-state index < -0.39 is 41.6 Å². The van der Waals surface area contributed by atoms with Gasteiger partial charge in [0.05, 0.1) is 11.6 Å². The van der Waals surface area contributed by atoms with Crippen LogP contribution in [-0.4, -0.2) is 39.9 Å². The van der Waals surface area contributed by atoms with Crippen molar-refractivity contribution in [3.63, 3.8) is 0 Å². The van der Waals surface area contributed by atoms with Gasteiger partial charge < -0.3 is 20.8 Å². The number of hydrogen-bond donors (Lipinski definition) is 4. The second kappa shape index (κ2) is 7.21. The molecule has 152 valence electrons. The minimum atomic E-state index is -5.36. The maximum atomic E-state index is 13.8. The number of rotatable bonds is 4. The third-order valence-corrected chi connectivity index (χ3v) is 4.66. The zero-order valence-corrected chi connectivity index (χ0v) is 14.6. The molecule has 1 aliphatic rings. The first-order valence-corrected chi connectivity index (χ1v) is 8.35. The van der Waals surface area contributed by atoms with Crippen molar-refractivity contribution in [3.05, 3.63) is 71.3 Å². The average Bonchev–Trinajstić information content (AvgIpc) is 2.67. The average molecular weight is 408 g/mol. The second-order valence-corrected chi connectivity index (χ2v) is 6.48. The molecule has 0 aromatic heterocycles. The minimum absolute atomic E-state index is 0.0295. The number of Topliss-reactive ketones (excluding diaryl/α,β-unsaturated/α-hetero) is 1. The van der Waals surface area contributed by atoms with E-state index in [1.54, 1.807) is 6.07 Å². The van der Waals surface area contributed by atoms with Gasteiger partial charge in [-0.25, -0.2) is 9.59 Å². The fraction of sp³-hybridized carbons (Fsp3) is 0.211. The highest BCUT2D eigenvalue weighted by molar-refractivity contribution is 6.00. The quantitative estimate of drug-likeness (QED) is 0.580. The Bertz CT molecular complexity index is 947. The predicted octanol–water partition coefficient (Wildman–Crippen LogP) is 2.49. The Balaban J connectivity index is 2.14. The molecule has 1 heterocycles. The van der Waals surface area contributed by atoms with E-state index in [1.165, 1.54) is 41.7 Å². The lowest BCUT2D eigenvalue weighted by Gasteiger charge is -2.45. The van der Waals surface area contributed by atoms with Crippen LogP contribution in [0.4, 0.5) is 18.0 Å². The Morgan fingerprint density at radius 2 is 1.55 bits per heavy atom. The fourth-order valence-corrected chi connectivity index (χ4v) is 3.23. The van der Waals surface area contributed by atoms with Crippen LogP contribution >= 0.6 is 0 Å². The number of ketones is 1. The maximum absolute atomic E-state index is 13.8. The number of benzene rings is 2. The van der Waals surface area contributed by atoms with Crippen molar-refractivity contribution in [2.45, 2.75) is 17.9 Å². The summed E-state index contributed by atoms with van der Waals surface area (Å²) in [6, 6.07) is 8.78. The Morgan fingerprint density at radius 1 is 0.966 bits per heavy atom. The molecule has 2 aromatic carbocycles. The molecular weight excluding hydrogens is 393 g/mol. The van der Waals surface area contributed by atoms with Crippen LogP contribution < -0.4 is 10.6 Å². The lowest BCUT2D eigenvalue weighted by atomic mass is 9.77. The van der Waals surface area contributed by atoms with E-state index >= 15 is 0 Å². The number of alkyl halides is 3. The molecule has 3 atom stereocenters. The van der Waals surface area contributed by atoms with Crippen LogP contribution in [0, 0.1) is 5.92 Å². The molecule has 0 bridgehead atoms. The molecule has 0 saturated carbocycles. The van der Waals surface area contributed by atoms with Gasteiger partial charge in [0.1, 0.15) is 5.92 Å². The summed E-state index contributed by atoms with van der Waals surface area (Å²) in [4.78, 5) is 35.9. The van der Waals surface area contributed by atoms with Gasteiger partial charge in [-0.15, -0.1) is 0 Å². The van der Waals surface area contributed by atoms with E-state index in [0.29, 0.717) is 0 Å². The van der Waals surface area contributed by atoms with Gasteiger partial charge in [-0.05, 0) is 17.7 Å². The van der Waals surface area contributed by atoms with E-state index in [-0.39, 0.29) is 16.7 Å². The molecule has 10 heteroatoms. The topological polar surface area (TPSA) is 116 Å². The Kier molecular flexibility index (Phi) is 5.05. The monoisotopic (exact) mass is 408 g/mol. The molecule has 29 heavy (non-hydrogen) atoms. The molecular formula is C19H15F3N2O5. The highest BCUT2D eigenvalue weighted by Gasteiger charge is 2.66. The number of aliphatic hydroxyl groups is 1. The molecule has 0 radical (unpaired) electrons. The van der Waals surface area contributed by atoms with Crippen LogP contribution in [0.5, 0.6) is 0 Å². The minimum Gasteiger partial charge on any atom is -0.478 e. The Labute approximate surface area is 162 Å². The van der Waals surface area contributed by atoms with Crippen molar-refractivity contribution < 1.29 is 37.8 Å². The number of nitrogens with one attached hydrogen (secondary N) is 2. The number of carbonyl (C=O) groups excluding carboxylic acids is 2. The summed E-state index contributed by atoms with van der Waals surface area (Å²) in [5.41, 5.74) is -4.03. The molecule has 0 unspecified atom stereocenters. The number of halogens is 3. The largest absolute Gasteiger partial charge is 0.478 e. The molecule has 7 nitrogen and oxygen atoms in total. The van der Waals surface area contributed by atoms with Crippen LogP contribution in [0.3, 0.4) is 0 Å². The van der Waals surface area contributed by atoms with Crippen molar-refractivity contribution >= 4 is 17.8 Å². The summed E-state index contributed by atoms with van der Waals surface area (Å²) in [5, 5.41) is 23.1. The summed E-state index contributed by atoms with van der Waals surface area (Å²) in [6.07, 6.45) is -5.36. The normalized spacial score (nSPS) is 24.3. The molecule has 2 amide bonds. The lowest BCUT2D eigenvalue weighted by Crippen LogP contribution is -2.72. The molecule has 0 aliphatic carbocycles. The first-order chi connectivity index (χ1) is 13.5. The first-order valence-electron chi connectivity index (χ1n) is 8.35. The SMILES string of the molecule is O=C1N[C@H](c2ccc(C(=O)O)cc2)[C@@H](C(=O)c2ccccc2)[C@](O)(C(F)(F)F)N1. The number of hydrogen-bond acceptors (Lipinski definition) is 4. The molecule has 1 fully saturated rings. The number of urea groups is 1. The van der Waals surface area contributed by atoms with Gasteiger partial charge in [-0.3, -0.25) is 4.79 Å². The van der Waals surface area contributed by atoms with Crippen LogP contribution in [0.15, 0.2) is 54.6 Å². The fourth-order valence-electron chi connectivity index (χ4n) is 3.23. The summed E-state index contributed by atoms with van der Waals surface area (Å²) >= 11 is 0. The lowest BCUT2D eigenvalue weighted by molar-refractivity contribution is -0.287. The molecule has 2 aromatic rings. The third kappa shape index (κ3) is 3.66. The van der Waals surface area contributed by atoms with Crippen molar-refractivity contribution in [2.24, 2.45) is 5.92 Å². The molecule has 4 N–H and O–H groups in total. The van der Waals surface area contributed by atoms with E-state index in [9.17, 15) is 32.7 Å². The van der Waals surface area contributed by atoms with E-state index in [1.807, 2.05) is 0 Å². The smallest absolute Gasteiger partial charge is 0.437 e. The summed E-state index contributed by atoms with van der Waals surface area (Å²) < 4.78 is 41.3. The zero-order chi connectivity index (χ0) is 21.4. The third-order valence-electron chi connectivity index (χ3n) is 4.66. The Hall–Kier alpha value is -3.40. The number of carboxylic acids is 1. The summed E-state index contributed by atoms with van der Waals surface area (Å²) in [6.45, 7) is 0. The first kappa shape index (κ1) is 20.3. The van der Waals surface area contributed by atoms with Crippen LogP contribution in [0.2, 0.25) is 0 Å². The van der Waals surface area contributed by atoms with Gasteiger partial charge in [0.2, 0.25) is 5.72 Å². The summed E-state index contributed by atoms with van der Waals surface area (Å²) in [5.74, 6) is -4.47.